The van der Waals surface area contributed by atoms with E-state index in [0.717, 1.165) is 0 Å². The van der Waals surface area contributed by atoms with Crippen LogP contribution in [0, 0.1) is 5.82 Å². The minimum Gasteiger partial charge on any atom is -0.494 e. The summed E-state index contributed by atoms with van der Waals surface area (Å²) in [6.07, 6.45) is 0. The molecule has 6 heteroatoms. The highest BCUT2D eigenvalue weighted by Crippen LogP contribution is 2.25. The van der Waals surface area contributed by atoms with Gasteiger partial charge in [0.15, 0.2) is 11.6 Å². The molecule has 0 saturated carbocycles. The zero-order valence-electron chi connectivity index (χ0n) is 10.3. The van der Waals surface area contributed by atoms with Crippen LogP contribution >= 0.6 is 11.6 Å². The molecule has 0 fully saturated rings. The molecule has 0 aliphatic rings. The molecule has 1 heterocycles. The highest BCUT2D eigenvalue weighted by Gasteiger charge is 2.16. The van der Waals surface area contributed by atoms with E-state index in [1.54, 1.807) is 16.7 Å². The van der Waals surface area contributed by atoms with E-state index in [4.69, 9.17) is 16.3 Å². The summed E-state index contributed by atoms with van der Waals surface area (Å²) in [5.41, 5.74) is 0.576. The van der Waals surface area contributed by atoms with E-state index in [0.29, 0.717) is 11.5 Å². The highest BCUT2D eigenvalue weighted by molar-refractivity contribution is 6.28. The Morgan fingerprint density at radius 1 is 1.33 bits per heavy atom. The second kappa shape index (κ2) is 4.94. The minimum atomic E-state index is -0.450. The minimum absolute atomic E-state index is 0.134. The van der Waals surface area contributed by atoms with Gasteiger partial charge in [-0.3, -0.25) is 4.57 Å². The molecule has 96 valence electrons. The number of methoxy groups -OCH3 is 1. The van der Waals surface area contributed by atoms with Crippen molar-refractivity contribution in [1.29, 1.82) is 0 Å². The van der Waals surface area contributed by atoms with Crippen LogP contribution in [0.5, 0.6) is 5.75 Å². The molecule has 0 spiro atoms. The first-order chi connectivity index (χ1) is 8.54. The third-order valence-corrected chi connectivity index (χ3v) is 2.80. The van der Waals surface area contributed by atoms with Gasteiger partial charge in [0.2, 0.25) is 5.28 Å². The molecule has 0 N–H and O–H groups in total. The Balaban J connectivity index is 2.55. The second-order valence-electron chi connectivity index (χ2n) is 4.14. The number of hydrogen-bond acceptors (Lipinski definition) is 3. The average molecular weight is 270 g/mol. The van der Waals surface area contributed by atoms with Gasteiger partial charge in [-0.1, -0.05) is 13.8 Å². The van der Waals surface area contributed by atoms with E-state index in [1.807, 2.05) is 13.8 Å². The third-order valence-electron chi connectivity index (χ3n) is 2.56. The summed E-state index contributed by atoms with van der Waals surface area (Å²) in [4.78, 5) is 0. The van der Waals surface area contributed by atoms with Crippen LogP contribution in [-0.2, 0) is 0 Å². The molecular weight excluding hydrogens is 257 g/mol. The van der Waals surface area contributed by atoms with Crippen LogP contribution in [0.1, 0.15) is 25.6 Å². The molecule has 1 aromatic heterocycles. The quantitative estimate of drug-likeness (QED) is 0.859. The van der Waals surface area contributed by atoms with Crippen molar-refractivity contribution in [1.82, 2.24) is 14.8 Å². The maximum atomic E-state index is 13.7. The molecule has 4 nitrogen and oxygen atoms in total. The van der Waals surface area contributed by atoms with Crippen LogP contribution in [0.15, 0.2) is 18.2 Å². The molecule has 0 amide bonds. The Morgan fingerprint density at radius 3 is 2.61 bits per heavy atom. The van der Waals surface area contributed by atoms with Gasteiger partial charge in [0.25, 0.3) is 0 Å². The molecule has 18 heavy (non-hydrogen) atoms. The van der Waals surface area contributed by atoms with Crippen molar-refractivity contribution in [2.45, 2.75) is 19.8 Å². The van der Waals surface area contributed by atoms with Crippen molar-refractivity contribution >= 4 is 11.6 Å². The number of halogens is 2. The highest BCUT2D eigenvalue weighted by atomic mass is 35.5. The summed E-state index contributed by atoms with van der Waals surface area (Å²) in [7, 11) is 1.42. The van der Waals surface area contributed by atoms with Gasteiger partial charge in [-0.05, 0) is 23.7 Å². The van der Waals surface area contributed by atoms with Crippen molar-refractivity contribution in [2.24, 2.45) is 0 Å². The van der Waals surface area contributed by atoms with E-state index in [-0.39, 0.29) is 17.0 Å². The van der Waals surface area contributed by atoms with E-state index in [9.17, 15) is 4.39 Å². The lowest BCUT2D eigenvalue weighted by Crippen LogP contribution is -2.04. The van der Waals surface area contributed by atoms with Gasteiger partial charge in [0, 0.05) is 12.0 Å². The average Bonchev–Trinajstić information content (AvgIpc) is 2.71. The van der Waals surface area contributed by atoms with Crippen molar-refractivity contribution in [3.05, 3.63) is 35.1 Å². The van der Waals surface area contributed by atoms with Crippen molar-refractivity contribution in [3.63, 3.8) is 0 Å². The Kier molecular flexibility index (Phi) is 3.52. The van der Waals surface area contributed by atoms with Gasteiger partial charge >= 0.3 is 0 Å². The standard InChI is InChI=1S/C12H13ClFN3O/c1-7(2)11-15-16-12(13)17(11)8-4-5-10(18-3)9(14)6-8/h4-7H,1-3H3. The fourth-order valence-corrected chi connectivity index (χ4v) is 1.91. The predicted molar refractivity (Wildman–Crippen MR) is 67.0 cm³/mol. The number of ether oxygens (including phenoxy) is 1. The van der Waals surface area contributed by atoms with Crippen LogP contribution in [0.4, 0.5) is 4.39 Å². The van der Waals surface area contributed by atoms with Gasteiger partial charge in [0.05, 0.1) is 12.8 Å². The van der Waals surface area contributed by atoms with Crippen molar-refractivity contribution < 1.29 is 9.13 Å². The van der Waals surface area contributed by atoms with Crippen LogP contribution in [0.2, 0.25) is 5.28 Å². The molecule has 2 aromatic rings. The van der Waals surface area contributed by atoms with Crippen LogP contribution in [0.25, 0.3) is 5.69 Å². The zero-order chi connectivity index (χ0) is 13.3. The first-order valence-corrected chi connectivity index (χ1v) is 5.87. The molecule has 2 rings (SSSR count). The van der Waals surface area contributed by atoms with Gasteiger partial charge < -0.3 is 4.74 Å². The third kappa shape index (κ3) is 2.18. The zero-order valence-corrected chi connectivity index (χ0v) is 11.1. The van der Waals surface area contributed by atoms with Gasteiger partial charge in [-0.2, -0.15) is 0 Å². The van der Waals surface area contributed by atoms with Crippen LogP contribution in [-0.4, -0.2) is 21.9 Å². The number of benzene rings is 1. The fraction of sp³-hybridized carbons (Fsp3) is 0.333. The van der Waals surface area contributed by atoms with Gasteiger partial charge in [-0.15, -0.1) is 10.2 Å². The van der Waals surface area contributed by atoms with Crippen molar-refractivity contribution in [3.8, 4) is 11.4 Å². The first kappa shape index (κ1) is 12.8. The van der Waals surface area contributed by atoms with E-state index in [1.165, 1.54) is 13.2 Å². The van der Waals surface area contributed by atoms with E-state index in [2.05, 4.69) is 10.2 Å². The number of nitrogens with zero attached hydrogens (tertiary/aromatic N) is 3. The Labute approximate surface area is 109 Å². The molecule has 0 radical (unpaired) electrons. The Morgan fingerprint density at radius 2 is 2.06 bits per heavy atom. The lowest BCUT2D eigenvalue weighted by Gasteiger charge is -2.11. The monoisotopic (exact) mass is 269 g/mol. The molecule has 0 atom stereocenters. The molecular formula is C12H13ClFN3O. The smallest absolute Gasteiger partial charge is 0.229 e. The molecule has 0 saturated heterocycles. The number of aromatic nitrogens is 3. The second-order valence-corrected chi connectivity index (χ2v) is 4.47. The maximum absolute atomic E-state index is 13.7. The summed E-state index contributed by atoms with van der Waals surface area (Å²) in [6.45, 7) is 3.94. The Hall–Kier alpha value is -1.62. The summed E-state index contributed by atoms with van der Waals surface area (Å²) < 4.78 is 20.2. The van der Waals surface area contributed by atoms with E-state index < -0.39 is 5.82 Å². The largest absolute Gasteiger partial charge is 0.494 e. The molecule has 0 aliphatic heterocycles. The summed E-state index contributed by atoms with van der Waals surface area (Å²) in [5, 5.41) is 8.01. The van der Waals surface area contributed by atoms with Gasteiger partial charge in [0.1, 0.15) is 5.82 Å². The van der Waals surface area contributed by atoms with Gasteiger partial charge in [-0.25, -0.2) is 4.39 Å². The lowest BCUT2D eigenvalue weighted by atomic mass is 10.2. The van der Waals surface area contributed by atoms with Crippen LogP contribution < -0.4 is 4.74 Å². The lowest BCUT2D eigenvalue weighted by molar-refractivity contribution is 0.386. The summed E-state index contributed by atoms with van der Waals surface area (Å²) in [5.74, 6) is 0.559. The van der Waals surface area contributed by atoms with Crippen molar-refractivity contribution in [2.75, 3.05) is 7.11 Å². The Bertz CT molecular complexity index is 568. The number of rotatable bonds is 3. The molecule has 0 aliphatic carbocycles. The number of hydrogen-bond donors (Lipinski definition) is 0. The SMILES string of the molecule is COc1ccc(-n2c(Cl)nnc2C(C)C)cc1F. The van der Waals surface area contributed by atoms with Crippen LogP contribution in [0.3, 0.4) is 0 Å². The summed E-state index contributed by atoms with van der Waals surface area (Å²) >= 11 is 5.99. The topological polar surface area (TPSA) is 39.9 Å². The maximum Gasteiger partial charge on any atom is 0.229 e. The molecule has 0 bridgehead atoms. The first-order valence-electron chi connectivity index (χ1n) is 5.49. The summed E-state index contributed by atoms with van der Waals surface area (Å²) in [6, 6.07) is 4.61. The van der Waals surface area contributed by atoms with E-state index >= 15 is 0 Å². The molecule has 1 aromatic carbocycles. The predicted octanol–water partition coefficient (Wildman–Crippen LogP) is 3.19. The normalized spacial score (nSPS) is 11.0. The molecule has 0 unspecified atom stereocenters. The fourth-order valence-electron chi connectivity index (χ4n) is 1.68.